The lowest BCUT2D eigenvalue weighted by Gasteiger charge is -2.24. The Morgan fingerprint density at radius 3 is 2.50 bits per heavy atom. The van der Waals surface area contributed by atoms with Gasteiger partial charge in [0.2, 0.25) is 9.84 Å². The smallest absolute Gasteiger partial charge is 0.331 e. The van der Waals surface area contributed by atoms with Gasteiger partial charge in [-0.3, -0.25) is 4.79 Å². The third-order valence-corrected chi connectivity index (χ3v) is 6.42. The molecular formula is C16H15F2NO3S2. The van der Waals surface area contributed by atoms with Gasteiger partial charge in [0, 0.05) is 17.0 Å². The Balaban J connectivity index is 1.83. The maximum absolute atomic E-state index is 12.7. The van der Waals surface area contributed by atoms with E-state index >= 15 is 0 Å². The SMILES string of the molecule is O=C(c1ccc(S(=O)(=O)C(F)F)cc1)N1CCCC1c1cccs1. The van der Waals surface area contributed by atoms with E-state index in [4.69, 9.17) is 0 Å². The molecule has 0 bridgehead atoms. The minimum atomic E-state index is -4.64. The second-order valence-electron chi connectivity index (χ2n) is 5.50. The molecule has 3 rings (SSSR count). The number of rotatable bonds is 4. The third-order valence-electron chi connectivity index (χ3n) is 4.05. The van der Waals surface area contributed by atoms with Crippen LogP contribution in [0.4, 0.5) is 8.78 Å². The maximum Gasteiger partial charge on any atom is 0.341 e. The summed E-state index contributed by atoms with van der Waals surface area (Å²) in [5.74, 6) is -3.69. The molecule has 1 aliphatic rings. The summed E-state index contributed by atoms with van der Waals surface area (Å²) in [5.41, 5.74) is 0.298. The fourth-order valence-corrected chi connectivity index (χ4v) is 4.44. The molecule has 1 saturated heterocycles. The third kappa shape index (κ3) is 3.08. The van der Waals surface area contributed by atoms with Gasteiger partial charge in [0.25, 0.3) is 5.91 Å². The predicted molar refractivity (Wildman–Crippen MR) is 87.0 cm³/mol. The lowest BCUT2D eigenvalue weighted by Crippen LogP contribution is -2.30. The van der Waals surface area contributed by atoms with Crippen LogP contribution < -0.4 is 0 Å². The highest BCUT2D eigenvalue weighted by atomic mass is 32.2. The lowest BCUT2D eigenvalue weighted by molar-refractivity contribution is 0.0738. The van der Waals surface area contributed by atoms with E-state index in [0.29, 0.717) is 12.1 Å². The van der Waals surface area contributed by atoms with Crippen molar-refractivity contribution in [3.8, 4) is 0 Å². The number of amides is 1. The number of hydrogen-bond acceptors (Lipinski definition) is 4. The zero-order valence-corrected chi connectivity index (χ0v) is 14.2. The second-order valence-corrected chi connectivity index (χ2v) is 8.40. The van der Waals surface area contributed by atoms with Crippen LogP contribution in [-0.4, -0.2) is 31.5 Å². The molecule has 1 unspecified atom stereocenters. The number of benzene rings is 1. The normalized spacial score (nSPS) is 18.3. The highest BCUT2D eigenvalue weighted by Crippen LogP contribution is 2.35. The van der Waals surface area contributed by atoms with E-state index in [-0.39, 0.29) is 11.9 Å². The van der Waals surface area contributed by atoms with E-state index in [1.807, 2.05) is 17.5 Å². The van der Waals surface area contributed by atoms with Crippen molar-refractivity contribution in [2.45, 2.75) is 29.5 Å². The molecule has 1 aromatic carbocycles. The second kappa shape index (κ2) is 6.60. The summed E-state index contributed by atoms with van der Waals surface area (Å²) in [6, 6.07) is 8.64. The van der Waals surface area contributed by atoms with Gasteiger partial charge in [-0.05, 0) is 48.6 Å². The lowest BCUT2D eigenvalue weighted by atomic mass is 10.1. The van der Waals surface area contributed by atoms with Gasteiger partial charge in [0.1, 0.15) is 0 Å². The number of likely N-dealkylation sites (tertiary alicyclic amines) is 1. The van der Waals surface area contributed by atoms with E-state index in [1.165, 1.54) is 12.1 Å². The molecule has 2 aromatic rings. The Kier molecular flexibility index (Phi) is 4.69. The van der Waals surface area contributed by atoms with Crippen LogP contribution in [0.3, 0.4) is 0 Å². The van der Waals surface area contributed by atoms with Crippen LogP contribution in [0.2, 0.25) is 0 Å². The largest absolute Gasteiger partial charge is 0.341 e. The van der Waals surface area contributed by atoms with Gasteiger partial charge in [0.05, 0.1) is 10.9 Å². The first-order valence-electron chi connectivity index (χ1n) is 7.38. The number of alkyl halides is 2. The van der Waals surface area contributed by atoms with Crippen molar-refractivity contribution in [1.82, 2.24) is 4.90 Å². The van der Waals surface area contributed by atoms with E-state index in [0.717, 1.165) is 29.9 Å². The molecule has 2 heterocycles. The fourth-order valence-electron chi connectivity index (χ4n) is 2.84. The summed E-state index contributed by atoms with van der Waals surface area (Å²) in [6.45, 7) is 0.623. The summed E-state index contributed by atoms with van der Waals surface area (Å²) < 4.78 is 48.0. The Hall–Kier alpha value is -1.80. The van der Waals surface area contributed by atoms with Crippen LogP contribution in [-0.2, 0) is 9.84 Å². The van der Waals surface area contributed by atoms with Gasteiger partial charge in [-0.1, -0.05) is 6.07 Å². The van der Waals surface area contributed by atoms with Crippen molar-refractivity contribution in [2.24, 2.45) is 0 Å². The van der Waals surface area contributed by atoms with Gasteiger partial charge in [-0.15, -0.1) is 11.3 Å². The average molecular weight is 371 g/mol. The van der Waals surface area contributed by atoms with Crippen LogP contribution in [0.25, 0.3) is 0 Å². The summed E-state index contributed by atoms with van der Waals surface area (Å²) in [5, 5.41) is 1.96. The molecule has 0 spiro atoms. The molecule has 0 aliphatic carbocycles. The molecule has 1 fully saturated rings. The number of halogens is 2. The van der Waals surface area contributed by atoms with Crippen LogP contribution in [0, 0.1) is 0 Å². The highest BCUT2D eigenvalue weighted by molar-refractivity contribution is 7.91. The van der Waals surface area contributed by atoms with E-state index in [9.17, 15) is 22.0 Å². The molecular weight excluding hydrogens is 356 g/mol. The maximum atomic E-state index is 12.7. The molecule has 0 N–H and O–H groups in total. The minimum Gasteiger partial charge on any atom is -0.331 e. The highest BCUT2D eigenvalue weighted by Gasteiger charge is 2.32. The van der Waals surface area contributed by atoms with E-state index in [2.05, 4.69) is 0 Å². The summed E-state index contributed by atoms with van der Waals surface area (Å²) in [4.78, 5) is 15.1. The van der Waals surface area contributed by atoms with Crippen LogP contribution in [0.5, 0.6) is 0 Å². The zero-order valence-electron chi connectivity index (χ0n) is 12.6. The van der Waals surface area contributed by atoms with E-state index in [1.54, 1.807) is 16.2 Å². The molecule has 1 aromatic heterocycles. The van der Waals surface area contributed by atoms with Crippen LogP contribution in [0.1, 0.15) is 34.1 Å². The summed E-state index contributed by atoms with van der Waals surface area (Å²) in [6.07, 6.45) is 1.77. The molecule has 1 aliphatic heterocycles. The summed E-state index contributed by atoms with van der Waals surface area (Å²) >= 11 is 1.59. The van der Waals surface area contributed by atoms with Gasteiger partial charge in [-0.2, -0.15) is 8.78 Å². The van der Waals surface area contributed by atoms with Crippen LogP contribution >= 0.6 is 11.3 Å². The Labute approximate surface area is 142 Å². The molecule has 128 valence electrons. The first-order valence-corrected chi connectivity index (χ1v) is 9.80. The molecule has 1 atom stereocenters. The van der Waals surface area contributed by atoms with E-state index < -0.39 is 20.5 Å². The van der Waals surface area contributed by atoms with Gasteiger partial charge >= 0.3 is 5.76 Å². The van der Waals surface area contributed by atoms with Gasteiger partial charge in [-0.25, -0.2) is 8.42 Å². The average Bonchev–Trinajstić information content (AvgIpc) is 3.24. The predicted octanol–water partition coefficient (Wildman–Crippen LogP) is 3.72. The van der Waals surface area contributed by atoms with Crippen molar-refractivity contribution in [3.63, 3.8) is 0 Å². The van der Waals surface area contributed by atoms with Crippen molar-refractivity contribution in [3.05, 3.63) is 52.2 Å². The minimum absolute atomic E-state index is 0.0157. The zero-order chi connectivity index (χ0) is 17.3. The fraction of sp³-hybridized carbons (Fsp3) is 0.312. The topological polar surface area (TPSA) is 54.5 Å². The standard InChI is InChI=1S/C16H15F2NO3S2/c17-16(18)24(21,22)12-7-5-11(6-8-12)15(20)19-9-1-3-13(19)14-4-2-10-23-14/h2,4-8,10,13,16H,1,3,9H2. The number of nitrogens with zero attached hydrogens (tertiary/aromatic N) is 1. The summed E-state index contributed by atoms with van der Waals surface area (Å²) in [7, 11) is -4.64. The molecule has 4 nitrogen and oxygen atoms in total. The van der Waals surface area contributed by atoms with Crippen molar-refractivity contribution in [1.29, 1.82) is 0 Å². The Morgan fingerprint density at radius 2 is 1.92 bits per heavy atom. The number of thiophene rings is 1. The number of sulfone groups is 1. The van der Waals surface area contributed by atoms with Gasteiger partial charge < -0.3 is 4.90 Å². The molecule has 24 heavy (non-hydrogen) atoms. The quantitative estimate of drug-likeness (QED) is 0.823. The Bertz CT molecular complexity index is 818. The monoisotopic (exact) mass is 371 g/mol. The van der Waals surface area contributed by atoms with Crippen molar-refractivity contribution in [2.75, 3.05) is 6.54 Å². The molecule has 1 amide bonds. The van der Waals surface area contributed by atoms with Gasteiger partial charge in [0.15, 0.2) is 0 Å². The van der Waals surface area contributed by atoms with Crippen molar-refractivity contribution < 1.29 is 22.0 Å². The molecule has 0 radical (unpaired) electrons. The number of carbonyl (C=O) groups excluding carboxylic acids is 1. The molecule has 0 saturated carbocycles. The number of carbonyl (C=O) groups is 1. The van der Waals surface area contributed by atoms with Crippen LogP contribution in [0.15, 0.2) is 46.7 Å². The first kappa shape index (κ1) is 17.0. The first-order chi connectivity index (χ1) is 11.4. The Morgan fingerprint density at radius 1 is 1.21 bits per heavy atom. The number of hydrogen-bond donors (Lipinski definition) is 0. The van der Waals surface area contributed by atoms with Crippen molar-refractivity contribution >= 4 is 27.1 Å². The molecule has 8 heteroatoms.